The Labute approximate surface area is 192 Å². The SMILES string of the molecule is Cc1ccc(CN2CC3[C@H](CNC(=O)[C@@](O)(c4ccccc4)C4CCCCC4)[C@H]3C2)cc1. The van der Waals surface area contributed by atoms with Crippen molar-refractivity contribution >= 4 is 5.91 Å². The third-order valence-corrected chi connectivity index (χ3v) is 8.23. The number of carbonyl (C=O) groups is 1. The number of nitrogens with one attached hydrogen (secondary N) is 1. The first-order valence-corrected chi connectivity index (χ1v) is 12.4. The lowest BCUT2D eigenvalue weighted by Crippen LogP contribution is -2.50. The minimum Gasteiger partial charge on any atom is -0.375 e. The summed E-state index contributed by atoms with van der Waals surface area (Å²) >= 11 is 0. The zero-order chi connectivity index (χ0) is 22.1. The molecule has 4 heteroatoms. The van der Waals surface area contributed by atoms with Crippen LogP contribution in [0.4, 0.5) is 0 Å². The van der Waals surface area contributed by atoms with Crippen LogP contribution >= 0.6 is 0 Å². The van der Waals surface area contributed by atoms with Gasteiger partial charge in [0.1, 0.15) is 0 Å². The Morgan fingerprint density at radius 2 is 1.66 bits per heavy atom. The van der Waals surface area contributed by atoms with Crippen molar-refractivity contribution < 1.29 is 9.90 Å². The van der Waals surface area contributed by atoms with Crippen molar-refractivity contribution in [3.05, 3.63) is 71.3 Å². The number of aliphatic hydroxyl groups is 1. The number of piperidine rings is 1. The first-order valence-electron chi connectivity index (χ1n) is 12.4. The Kier molecular flexibility index (Phi) is 6.09. The monoisotopic (exact) mass is 432 g/mol. The van der Waals surface area contributed by atoms with Crippen LogP contribution in [-0.2, 0) is 16.9 Å². The van der Waals surface area contributed by atoms with E-state index in [4.69, 9.17) is 0 Å². The summed E-state index contributed by atoms with van der Waals surface area (Å²) < 4.78 is 0. The molecule has 2 N–H and O–H groups in total. The Morgan fingerprint density at radius 3 is 2.31 bits per heavy atom. The largest absolute Gasteiger partial charge is 0.375 e. The van der Waals surface area contributed by atoms with E-state index in [0.717, 1.165) is 50.9 Å². The molecule has 1 heterocycles. The van der Waals surface area contributed by atoms with Crippen molar-refractivity contribution in [1.82, 2.24) is 10.2 Å². The molecule has 3 fully saturated rings. The van der Waals surface area contributed by atoms with E-state index < -0.39 is 5.60 Å². The van der Waals surface area contributed by atoms with E-state index in [0.29, 0.717) is 24.3 Å². The highest BCUT2D eigenvalue weighted by Crippen LogP contribution is 2.51. The van der Waals surface area contributed by atoms with Crippen LogP contribution in [-0.4, -0.2) is 35.5 Å². The molecule has 0 spiro atoms. The molecular weight excluding hydrogens is 396 g/mol. The molecule has 0 radical (unpaired) electrons. The molecule has 0 aromatic heterocycles. The highest BCUT2D eigenvalue weighted by molar-refractivity contribution is 5.86. The summed E-state index contributed by atoms with van der Waals surface area (Å²) in [5.41, 5.74) is 2.01. The van der Waals surface area contributed by atoms with Gasteiger partial charge in [-0.25, -0.2) is 0 Å². The Balaban J connectivity index is 1.17. The van der Waals surface area contributed by atoms with Crippen LogP contribution in [0.5, 0.6) is 0 Å². The highest BCUT2D eigenvalue weighted by atomic mass is 16.3. The topological polar surface area (TPSA) is 52.6 Å². The number of amides is 1. The summed E-state index contributed by atoms with van der Waals surface area (Å²) in [6, 6.07) is 18.4. The van der Waals surface area contributed by atoms with Crippen molar-refractivity contribution in [3.63, 3.8) is 0 Å². The molecule has 4 nitrogen and oxygen atoms in total. The van der Waals surface area contributed by atoms with Crippen LogP contribution in [0.15, 0.2) is 54.6 Å². The number of likely N-dealkylation sites (tertiary alicyclic amines) is 1. The zero-order valence-corrected chi connectivity index (χ0v) is 19.2. The van der Waals surface area contributed by atoms with Gasteiger partial charge in [-0.1, -0.05) is 79.4 Å². The number of aryl methyl sites for hydroxylation is 1. The minimum absolute atomic E-state index is 0.00218. The fourth-order valence-electron chi connectivity index (χ4n) is 6.23. The molecule has 5 rings (SSSR count). The molecule has 4 atom stereocenters. The number of rotatable bonds is 7. The van der Waals surface area contributed by atoms with Crippen LogP contribution in [0, 0.1) is 30.6 Å². The van der Waals surface area contributed by atoms with Crippen molar-refractivity contribution in [2.45, 2.75) is 51.2 Å². The van der Waals surface area contributed by atoms with Crippen molar-refractivity contribution in [2.24, 2.45) is 23.7 Å². The average Bonchev–Trinajstić information content (AvgIpc) is 3.29. The van der Waals surface area contributed by atoms with E-state index in [9.17, 15) is 9.90 Å². The van der Waals surface area contributed by atoms with E-state index in [1.54, 1.807) is 0 Å². The number of nitrogens with zero attached hydrogens (tertiary/aromatic N) is 1. The smallest absolute Gasteiger partial charge is 0.256 e. The summed E-state index contributed by atoms with van der Waals surface area (Å²) in [5.74, 6) is 1.72. The third-order valence-electron chi connectivity index (χ3n) is 8.23. The fraction of sp³-hybridized carbons (Fsp3) is 0.536. The van der Waals surface area contributed by atoms with Crippen LogP contribution in [0.3, 0.4) is 0 Å². The molecule has 170 valence electrons. The zero-order valence-electron chi connectivity index (χ0n) is 19.2. The molecule has 32 heavy (non-hydrogen) atoms. The molecule has 2 aromatic carbocycles. The average molecular weight is 433 g/mol. The summed E-state index contributed by atoms with van der Waals surface area (Å²) in [4.78, 5) is 15.9. The number of carbonyl (C=O) groups excluding carboxylic acids is 1. The lowest BCUT2D eigenvalue weighted by Gasteiger charge is -2.37. The van der Waals surface area contributed by atoms with E-state index in [1.807, 2.05) is 30.3 Å². The summed E-state index contributed by atoms with van der Waals surface area (Å²) in [7, 11) is 0. The quantitative estimate of drug-likeness (QED) is 0.687. The number of fused-ring (bicyclic) bond motifs is 1. The standard InChI is InChI=1S/C28H36N2O2/c1-20-12-14-21(15-13-20)17-30-18-25-24(26(25)19-30)16-29-27(31)28(32,22-8-4-2-5-9-22)23-10-6-3-7-11-23/h2,4-5,8-9,12-15,23-26,32H,3,6-7,10-11,16-19H2,1H3,(H,29,31)/t24-,25-,26?,28-/m1/s1. The minimum atomic E-state index is -1.41. The lowest BCUT2D eigenvalue weighted by atomic mass is 9.73. The van der Waals surface area contributed by atoms with E-state index in [1.165, 1.54) is 17.5 Å². The maximum absolute atomic E-state index is 13.4. The van der Waals surface area contributed by atoms with Gasteiger partial charge in [0, 0.05) is 32.1 Å². The third kappa shape index (κ3) is 4.23. The summed E-state index contributed by atoms with van der Waals surface area (Å²) in [6.07, 6.45) is 5.23. The molecule has 2 saturated carbocycles. The van der Waals surface area contributed by atoms with Crippen molar-refractivity contribution in [3.8, 4) is 0 Å². The van der Waals surface area contributed by atoms with Gasteiger partial charge in [-0.05, 0) is 48.6 Å². The Morgan fingerprint density at radius 1 is 1.00 bits per heavy atom. The van der Waals surface area contributed by atoms with Gasteiger partial charge in [0.2, 0.25) is 0 Å². The van der Waals surface area contributed by atoms with Gasteiger partial charge in [0.05, 0.1) is 0 Å². The van der Waals surface area contributed by atoms with Gasteiger partial charge >= 0.3 is 0 Å². The van der Waals surface area contributed by atoms with Gasteiger partial charge in [-0.15, -0.1) is 0 Å². The molecule has 3 aliphatic rings. The van der Waals surface area contributed by atoms with Crippen LogP contribution in [0.25, 0.3) is 0 Å². The Hall–Kier alpha value is -2.17. The van der Waals surface area contributed by atoms with E-state index in [2.05, 4.69) is 41.4 Å². The van der Waals surface area contributed by atoms with Gasteiger partial charge in [0.25, 0.3) is 5.91 Å². The molecule has 2 aliphatic carbocycles. The molecule has 0 bridgehead atoms. The lowest BCUT2D eigenvalue weighted by molar-refractivity contribution is -0.149. The molecule has 1 aliphatic heterocycles. The predicted molar refractivity (Wildman–Crippen MR) is 127 cm³/mol. The summed E-state index contributed by atoms with van der Waals surface area (Å²) in [6.45, 7) is 6.06. The second-order valence-corrected chi connectivity index (χ2v) is 10.3. The first-order chi connectivity index (χ1) is 15.6. The van der Waals surface area contributed by atoms with E-state index in [-0.39, 0.29) is 11.8 Å². The van der Waals surface area contributed by atoms with Gasteiger partial charge in [-0.2, -0.15) is 0 Å². The van der Waals surface area contributed by atoms with Crippen LogP contribution < -0.4 is 5.32 Å². The van der Waals surface area contributed by atoms with Gasteiger partial charge in [-0.3, -0.25) is 9.69 Å². The van der Waals surface area contributed by atoms with Crippen LogP contribution in [0.2, 0.25) is 0 Å². The first kappa shape index (κ1) is 21.7. The molecule has 1 saturated heterocycles. The Bertz CT molecular complexity index is 910. The second kappa shape index (κ2) is 8.99. The maximum atomic E-state index is 13.4. The fourth-order valence-corrected chi connectivity index (χ4v) is 6.23. The highest BCUT2D eigenvalue weighted by Gasteiger charge is 2.55. The molecule has 1 unspecified atom stereocenters. The van der Waals surface area contributed by atoms with Gasteiger partial charge < -0.3 is 10.4 Å². The maximum Gasteiger partial charge on any atom is 0.256 e. The molecule has 2 aromatic rings. The summed E-state index contributed by atoms with van der Waals surface area (Å²) in [5, 5.41) is 14.9. The predicted octanol–water partition coefficient (Wildman–Crippen LogP) is 4.26. The number of hydrogen-bond donors (Lipinski definition) is 2. The van der Waals surface area contributed by atoms with Gasteiger partial charge in [0.15, 0.2) is 5.60 Å². The normalized spacial score (nSPS) is 27.5. The molecule has 1 amide bonds. The van der Waals surface area contributed by atoms with Crippen molar-refractivity contribution in [1.29, 1.82) is 0 Å². The molecular formula is C28H36N2O2. The van der Waals surface area contributed by atoms with Crippen LogP contribution in [0.1, 0.15) is 48.8 Å². The second-order valence-electron chi connectivity index (χ2n) is 10.3. The van der Waals surface area contributed by atoms with Crippen molar-refractivity contribution in [2.75, 3.05) is 19.6 Å². The number of benzene rings is 2. The van der Waals surface area contributed by atoms with E-state index >= 15 is 0 Å². The number of hydrogen-bond acceptors (Lipinski definition) is 3.